The monoisotopic (exact) mass is 271 g/mol. The minimum Gasteiger partial charge on any atom is -0.496 e. The van der Waals surface area contributed by atoms with Gasteiger partial charge in [-0.2, -0.15) is 5.26 Å². The Labute approximate surface area is 116 Å². The highest BCUT2D eigenvalue weighted by Crippen LogP contribution is 2.30. The van der Waals surface area contributed by atoms with E-state index in [2.05, 4.69) is 6.07 Å². The minimum absolute atomic E-state index is 0.179. The maximum atomic E-state index is 12.3. The number of hydrogen-bond donors (Lipinski definition) is 0. The van der Waals surface area contributed by atoms with Crippen molar-refractivity contribution in [1.29, 1.82) is 5.26 Å². The summed E-state index contributed by atoms with van der Waals surface area (Å²) in [7, 11) is 1.54. The van der Waals surface area contributed by atoms with Crippen molar-refractivity contribution in [3.05, 3.63) is 51.7 Å². The molecule has 19 heavy (non-hydrogen) atoms. The number of Topliss-reactive ketones (excluding diaryl/α,β-unsaturated/α-hetero) is 1. The molecule has 96 valence electrons. The lowest BCUT2D eigenvalue weighted by atomic mass is 9.93. The first-order valence-corrected chi connectivity index (χ1v) is 6.67. The smallest absolute Gasteiger partial charge is 0.194 e. The Bertz CT molecular complexity index is 626. The van der Waals surface area contributed by atoms with Crippen molar-refractivity contribution in [2.45, 2.75) is 12.8 Å². The lowest BCUT2D eigenvalue weighted by Crippen LogP contribution is -2.11. The summed E-state index contributed by atoms with van der Waals surface area (Å²) in [5, 5.41) is 11.2. The first-order chi connectivity index (χ1) is 9.17. The molecule has 0 aliphatic heterocycles. The van der Waals surface area contributed by atoms with E-state index >= 15 is 0 Å². The number of rotatable bonds is 4. The van der Waals surface area contributed by atoms with E-state index in [4.69, 9.17) is 4.74 Å². The molecule has 1 atom stereocenters. The molecule has 1 aromatic heterocycles. The molecule has 2 aromatic rings. The second-order valence-corrected chi connectivity index (χ2v) is 5.10. The molecule has 0 radical (unpaired) electrons. The topological polar surface area (TPSA) is 50.1 Å². The van der Waals surface area contributed by atoms with Gasteiger partial charge in [0.15, 0.2) is 5.78 Å². The number of carbonyl (C=O) groups is 1. The highest BCUT2D eigenvalue weighted by atomic mass is 32.1. The van der Waals surface area contributed by atoms with Gasteiger partial charge in [-0.1, -0.05) is 23.8 Å². The van der Waals surface area contributed by atoms with E-state index in [1.54, 1.807) is 18.2 Å². The lowest BCUT2D eigenvalue weighted by Gasteiger charge is -2.13. The number of thiophene rings is 1. The number of nitrogens with zero attached hydrogens (tertiary/aromatic N) is 1. The number of carbonyl (C=O) groups excluding carboxylic acids is 1. The molecule has 0 saturated carbocycles. The zero-order chi connectivity index (χ0) is 13.8. The van der Waals surface area contributed by atoms with Gasteiger partial charge < -0.3 is 4.74 Å². The maximum absolute atomic E-state index is 12.3. The second kappa shape index (κ2) is 5.68. The summed E-state index contributed by atoms with van der Waals surface area (Å²) in [4.78, 5) is 12.9. The zero-order valence-corrected chi connectivity index (χ0v) is 11.5. The standard InChI is InChI=1S/C15H13NO2S/c1-10-5-6-13(18-2)11(8-10)12(9-16)15(17)14-4-3-7-19-14/h3-8,12H,1-2H3. The van der Waals surface area contributed by atoms with Crippen LogP contribution in [0.5, 0.6) is 5.75 Å². The normalized spacial score (nSPS) is 11.6. The first-order valence-electron chi connectivity index (χ1n) is 5.79. The molecule has 0 saturated heterocycles. The molecule has 1 unspecified atom stereocenters. The van der Waals surface area contributed by atoms with Gasteiger partial charge in [0.25, 0.3) is 0 Å². The molecule has 4 heteroatoms. The molecule has 0 aliphatic rings. The van der Waals surface area contributed by atoms with E-state index in [1.165, 1.54) is 18.4 Å². The predicted molar refractivity (Wildman–Crippen MR) is 74.7 cm³/mol. The summed E-state index contributed by atoms with van der Waals surface area (Å²) in [5.74, 6) is -0.433. The average Bonchev–Trinajstić information content (AvgIpc) is 2.93. The van der Waals surface area contributed by atoms with Crippen LogP contribution in [-0.2, 0) is 0 Å². The van der Waals surface area contributed by atoms with E-state index < -0.39 is 5.92 Å². The van der Waals surface area contributed by atoms with Gasteiger partial charge in [0.05, 0.1) is 18.1 Å². The van der Waals surface area contributed by atoms with Crippen LogP contribution in [0.2, 0.25) is 0 Å². The number of ketones is 1. The third-order valence-corrected chi connectivity index (χ3v) is 3.74. The Morgan fingerprint density at radius 1 is 1.42 bits per heavy atom. The molecule has 0 aliphatic carbocycles. The summed E-state index contributed by atoms with van der Waals surface area (Å²) < 4.78 is 5.25. The molecule has 0 amide bonds. The van der Waals surface area contributed by atoms with Gasteiger partial charge in [0.1, 0.15) is 11.7 Å². The fourth-order valence-electron chi connectivity index (χ4n) is 1.91. The minimum atomic E-state index is -0.825. The SMILES string of the molecule is COc1ccc(C)cc1C(C#N)C(=O)c1cccs1. The van der Waals surface area contributed by atoms with Crippen molar-refractivity contribution in [2.24, 2.45) is 0 Å². The Balaban J connectivity index is 2.46. The predicted octanol–water partition coefficient (Wildman–Crippen LogP) is 3.56. The fraction of sp³-hybridized carbons (Fsp3) is 0.200. The summed E-state index contributed by atoms with van der Waals surface area (Å²) >= 11 is 1.35. The Morgan fingerprint density at radius 3 is 2.79 bits per heavy atom. The van der Waals surface area contributed by atoms with Crippen LogP contribution in [0.3, 0.4) is 0 Å². The van der Waals surface area contributed by atoms with Crippen LogP contribution < -0.4 is 4.74 Å². The van der Waals surface area contributed by atoms with Gasteiger partial charge in [-0.3, -0.25) is 4.79 Å². The van der Waals surface area contributed by atoms with Crippen molar-refractivity contribution in [2.75, 3.05) is 7.11 Å². The van der Waals surface area contributed by atoms with Gasteiger partial charge in [-0.25, -0.2) is 0 Å². The average molecular weight is 271 g/mol. The Hall–Kier alpha value is -2.12. The number of ether oxygens (including phenoxy) is 1. The van der Waals surface area contributed by atoms with Crippen molar-refractivity contribution >= 4 is 17.1 Å². The molecule has 0 spiro atoms. The third kappa shape index (κ3) is 2.67. The highest BCUT2D eigenvalue weighted by molar-refractivity contribution is 7.12. The van der Waals surface area contributed by atoms with Crippen molar-refractivity contribution < 1.29 is 9.53 Å². The fourth-order valence-corrected chi connectivity index (χ4v) is 2.60. The number of nitriles is 1. The lowest BCUT2D eigenvalue weighted by molar-refractivity contribution is 0.0981. The number of aryl methyl sites for hydroxylation is 1. The quantitative estimate of drug-likeness (QED) is 0.799. The maximum Gasteiger partial charge on any atom is 0.194 e. The molecule has 0 fully saturated rings. The molecule has 1 aromatic carbocycles. The summed E-state index contributed by atoms with van der Waals surface area (Å²) in [6.07, 6.45) is 0. The van der Waals surface area contributed by atoms with E-state index in [0.717, 1.165) is 5.56 Å². The summed E-state index contributed by atoms with van der Waals surface area (Å²) in [5.41, 5.74) is 1.62. The molecule has 0 bridgehead atoms. The van der Waals surface area contributed by atoms with Gasteiger partial charge in [-0.15, -0.1) is 11.3 Å². The molecule has 3 nitrogen and oxygen atoms in total. The largest absolute Gasteiger partial charge is 0.496 e. The summed E-state index contributed by atoms with van der Waals surface area (Å²) in [6, 6.07) is 11.1. The van der Waals surface area contributed by atoms with Crippen molar-refractivity contribution in [1.82, 2.24) is 0 Å². The number of benzene rings is 1. The van der Waals surface area contributed by atoms with Crippen LogP contribution in [-0.4, -0.2) is 12.9 Å². The van der Waals surface area contributed by atoms with E-state index in [9.17, 15) is 10.1 Å². The van der Waals surface area contributed by atoms with Crippen LogP contribution in [0.25, 0.3) is 0 Å². The molecule has 0 N–H and O–H groups in total. The van der Waals surface area contributed by atoms with Gasteiger partial charge in [0.2, 0.25) is 0 Å². The molecular weight excluding hydrogens is 258 g/mol. The highest BCUT2D eigenvalue weighted by Gasteiger charge is 2.25. The van der Waals surface area contributed by atoms with E-state index in [0.29, 0.717) is 16.2 Å². The van der Waals surface area contributed by atoms with Gasteiger partial charge in [0, 0.05) is 5.56 Å². The Morgan fingerprint density at radius 2 is 2.21 bits per heavy atom. The third-order valence-electron chi connectivity index (χ3n) is 2.85. The van der Waals surface area contributed by atoms with Crippen LogP contribution in [0.15, 0.2) is 35.7 Å². The van der Waals surface area contributed by atoms with Gasteiger partial charge in [-0.05, 0) is 24.4 Å². The van der Waals surface area contributed by atoms with E-state index in [-0.39, 0.29) is 5.78 Å². The van der Waals surface area contributed by atoms with Crippen LogP contribution in [0, 0.1) is 18.3 Å². The molecule has 1 heterocycles. The summed E-state index contributed by atoms with van der Waals surface area (Å²) in [6.45, 7) is 1.92. The first kappa shape index (κ1) is 13.3. The van der Waals surface area contributed by atoms with Crippen LogP contribution >= 0.6 is 11.3 Å². The molecular formula is C15H13NO2S. The van der Waals surface area contributed by atoms with Crippen LogP contribution in [0.4, 0.5) is 0 Å². The van der Waals surface area contributed by atoms with E-state index in [1.807, 2.05) is 24.4 Å². The number of hydrogen-bond acceptors (Lipinski definition) is 4. The van der Waals surface area contributed by atoms with Crippen molar-refractivity contribution in [3.8, 4) is 11.8 Å². The van der Waals surface area contributed by atoms with Crippen LogP contribution in [0.1, 0.15) is 26.7 Å². The zero-order valence-electron chi connectivity index (χ0n) is 10.7. The Kier molecular flexibility index (Phi) is 3.98. The number of methoxy groups -OCH3 is 1. The second-order valence-electron chi connectivity index (χ2n) is 4.15. The van der Waals surface area contributed by atoms with Crippen molar-refractivity contribution in [3.63, 3.8) is 0 Å². The van der Waals surface area contributed by atoms with Gasteiger partial charge >= 0.3 is 0 Å². The molecule has 2 rings (SSSR count).